The van der Waals surface area contributed by atoms with Crippen LogP contribution in [0.5, 0.6) is 0 Å². The van der Waals surface area contributed by atoms with Crippen LogP contribution in [0.25, 0.3) is 10.8 Å². The van der Waals surface area contributed by atoms with E-state index in [-0.39, 0.29) is 11.6 Å². The molecule has 0 bridgehead atoms. The molecule has 1 amide bonds. The Morgan fingerprint density at radius 3 is 2.44 bits per heavy atom. The fourth-order valence-corrected chi connectivity index (χ4v) is 4.35. The van der Waals surface area contributed by atoms with Crippen LogP contribution in [0.3, 0.4) is 0 Å². The second kappa shape index (κ2) is 9.46. The molecular weight excluding hydrogens is 456 g/mol. The summed E-state index contributed by atoms with van der Waals surface area (Å²) in [6.45, 7) is 4.27. The molecule has 5 aromatic rings. The topological polar surface area (TPSA) is 108 Å². The molecule has 3 aromatic carbocycles. The Labute approximate surface area is 207 Å². The summed E-state index contributed by atoms with van der Waals surface area (Å²) in [5.41, 5.74) is 3.43. The Balaban J connectivity index is 1.24. The third-order valence-electron chi connectivity index (χ3n) is 6.17. The van der Waals surface area contributed by atoms with E-state index in [0.717, 1.165) is 11.1 Å². The van der Waals surface area contributed by atoms with Crippen molar-refractivity contribution in [3.05, 3.63) is 117 Å². The van der Waals surface area contributed by atoms with Gasteiger partial charge >= 0.3 is 5.69 Å². The van der Waals surface area contributed by atoms with E-state index >= 15 is 0 Å². The first-order chi connectivity index (χ1) is 17.4. The monoisotopic (exact) mass is 480 g/mol. The van der Waals surface area contributed by atoms with Gasteiger partial charge in [-0.1, -0.05) is 54.6 Å². The summed E-state index contributed by atoms with van der Waals surface area (Å²) in [6, 6.07) is 23.3. The van der Waals surface area contributed by atoms with E-state index in [1.165, 1.54) is 10.8 Å². The van der Waals surface area contributed by atoms with Crippen molar-refractivity contribution in [1.29, 1.82) is 0 Å². The quantitative estimate of drug-likeness (QED) is 0.257. The number of hydrogen-bond donors (Lipinski definition) is 1. The third kappa shape index (κ3) is 4.58. The maximum Gasteiger partial charge on any atom is 0.312 e. The van der Waals surface area contributed by atoms with E-state index < -0.39 is 4.92 Å². The molecule has 9 nitrogen and oxygen atoms in total. The minimum atomic E-state index is -0.412. The molecule has 0 radical (unpaired) electrons. The van der Waals surface area contributed by atoms with Gasteiger partial charge in [0, 0.05) is 17.8 Å². The Morgan fingerprint density at radius 2 is 1.69 bits per heavy atom. The molecule has 0 saturated heterocycles. The molecule has 0 fully saturated rings. The zero-order chi connectivity index (χ0) is 25.2. The first-order valence-electron chi connectivity index (χ1n) is 11.5. The van der Waals surface area contributed by atoms with Gasteiger partial charge in [0.15, 0.2) is 5.82 Å². The van der Waals surface area contributed by atoms with Gasteiger partial charge < -0.3 is 5.32 Å². The summed E-state index contributed by atoms with van der Waals surface area (Å²) in [5.74, 6) is 0.206. The second-order valence-corrected chi connectivity index (χ2v) is 8.62. The molecule has 0 aliphatic rings. The van der Waals surface area contributed by atoms with Crippen molar-refractivity contribution in [3.63, 3.8) is 0 Å². The number of aromatic nitrogens is 4. The van der Waals surface area contributed by atoms with Crippen LogP contribution in [0.15, 0.2) is 79.0 Å². The number of benzene rings is 3. The van der Waals surface area contributed by atoms with Crippen molar-refractivity contribution in [3.8, 4) is 0 Å². The van der Waals surface area contributed by atoms with Crippen LogP contribution >= 0.6 is 0 Å². The smallest absolute Gasteiger partial charge is 0.305 e. The van der Waals surface area contributed by atoms with Gasteiger partial charge in [0.1, 0.15) is 11.4 Å². The van der Waals surface area contributed by atoms with Crippen LogP contribution in [-0.4, -0.2) is 30.4 Å². The first kappa shape index (κ1) is 23.0. The summed E-state index contributed by atoms with van der Waals surface area (Å²) in [4.78, 5) is 23.6. The van der Waals surface area contributed by atoms with Crippen LogP contribution in [0.2, 0.25) is 0 Å². The SMILES string of the molecule is Cc1nn(Cc2ccc(C(=O)Nc3ccn(Cc4cccc5ccccc45)n3)cc2)c(C)c1[N+](=O)[O-]. The summed E-state index contributed by atoms with van der Waals surface area (Å²) in [6.07, 6.45) is 1.84. The van der Waals surface area contributed by atoms with Crippen molar-refractivity contribution in [2.45, 2.75) is 26.9 Å². The molecule has 2 heterocycles. The van der Waals surface area contributed by atoms with E-state index in [1.54, 1.807) is 41.4 Å². The molecule has 0 aliphatic heterocycles. The molecule has 5 rings (SSSR count). The lowest BCUT2D eigenvalue weighted by molar-refractivity contribution is -0.386. The zero-order valence-electron chi connectivity index (χ0n) is 19.9. The minimum absolute atomic E-state index is 0.0332. The maximum atomic E-state index is 12.8. The average molecular weight is 481 g/mol. The highest BCUT2D eigenvalue weighted by atomic mass is 16.6. The van der Waals surface area contributed by atoms with Crippen molar-refractivity contribution < 1.29 is 9.72 Å². The van der Waals surface area contributed by atoms with Gasteiger partial charge in [-0.25, -0.2) is 0 Å². The molecule has 9 heteroatoms. The van der Waals surface area contributed by atoms with Gasteiger partial charge in [0.25, 0.3) is 5.91 Å². The fourth-order valence-electron chi connectivity index (χ4n) is 4.35. The van der Waals surface area contributed by atoms with Crippen LogP contribution in [-0.2, 0) is 13.1 Å². The van der Waals surface area contributed by atoms with Gasteiger partial charge in [-0.15, -0.1) is 0 Å². The van der Waals surface area contributed by atoms with Gasteiger partial charge in [0.2, 0.25) is 0 Å². The first-order valence-corrected chi connectivity index (χ1v) is 11.5. The van der Waals surface area contributed by atoms with E-state index in [2.05, 4.69) is 39.8 Å². The lowest BCUT2D eigenvalue weighted by Gasteiger charge is -2.07. The Kier molecular flexibility index (Phi) is 6.03. The number of nitrogens with one attached hydrogen (secondary N) is 1. The third-order valence-corrected chi connectivity index (χ3v) is 6.17. The number of fused-ring (bicyclic) bond motifs is 1. The average Bonchev–Trinajstić information content (AvgIpc) is 3.42. The molecule has 0 saturated carbocycles. The normalized spacial score (nSPS) is 11.1. The predicted molar refractivity (Wildman–Crippen MR) is 137 cm³/mol. The fraction of sp³-hybridized carbons (Fsp3) is 0.148. The molecule has 36 heavy (non-hydrogen) atoms. The summed E-state index contributed by atoms with van der Waals surface area (Å²) < 4.78 is 3.40. The van der Waals surface area contributed by atoms with Crippen LogP contribution in [0, 0.1) is 24.0 Å². The Hall–Kier alpha value is -4.79. The zero-order valence-corrected chi connectivity index (χ0v) is 19.9. The summed E-state index contributed by atoms with van der Waals surface area (Å²) in [7, 11) is 0. The molecule has 0 atom stereocenters. The van der Waals surface area contributed by atoms with E-state index in [4.69, 9.17) is 0 Å². The number of hydrogen-bond acceptors (Lipinski definition) is 5. The lowest BCUT2D eigenvalue weighted by Crippen LogP contribution is -2.13. The number of rotatable bonds is 7. The van der Waals surface area contributed by atoms with Gasteiger partial charge in [-0.3, -0.25) is 24.3 Å². The Morgan fingerprint density at radius 1 is 0.944 bits per heavy atom. The highest BCUT2D eigenvalue weighted by Crippen LogP contribution is 2.23. The molecule has 0 unspecified atom stereocenters. The van der Waals surface area contributed by atoms with Gasteiger partial charge in [-0.2, -0.15) is 10.2 Å². The second-order valence-electron chi connectivity index (χ2n) is 8.62. The lowest BCUT2D eigenvalue weighted by atomic mass is 10.0. The van der Waals surface area contributed by atoms with Gasteiger partial charge in [0.05, 0.1) is 18.0 Å². The highest BCUT2D eigenvalue weighted by Gasteiger charge is 2.21. The van der Waals surface area contributed by atoms with E-state index in [0.29, 0.717) is 35.9 Å². The minimum Gasteiger partial charge on any atom is -0.305 e. The largest absolute Gasteiger partial charge is 0.312 e. The van der Waals surface area contributed by atoms with Crippen LogP contribution < -0.4 is 5.32 Å². The predicted octanol–water partition coefficient (Wildman–Crippen LogP) is 5.11. The number of carbonyl (C=O) groups excluding carboxylic acids is 1. The highest BCUT2D eigenvalue weighted by molar-refractivity contribution is 6.03. The van der Waals surface area contributed by atoms with E-state index in [9.17, 15) is 14.9 Å². The number of nitrogens with zero attached hydrogens (tertiary/aromatic N) is 5. The standard InChI is InChI=1S/C27H24N6O3/c1-18-26(33(35)36)19(2)32(29-18)16-20-10-12-22(13-11-20)27(34)28-25-14-15-31(30-25)17-23-8-5-7-21-6-3-4-9-24(21)23/h3-15H,16-17H2,1-2H3,(H,28,30,34). The van der Waals surface area contributed by atoms with Gasteiger partial charge in [-0.05, 0) is 47.9 Å². The number of carbonyl (C=O) groups is 1. The van der Waals surface area contributed by atoms with Crippen molar-refractivity contribution in [2.24, 2.45) is 0 Å². The van der Waals surface area contributed by atoms with Crippen LogP contribution in [0.1, 0.15) is 32.9 Å². The molecule has 2 aromatic heterocycles. The molecule has 0 spiro atoms. The summed E-state index contributed by atoms with van der Waals surface area (Å²) >= 11 is 0. The Bertz CT molecular complexity index is 1580. The number of amides is 1. The van der Waals surface area contributed by atoms with Crippen molar-refractivity contribution >= 4 is 28.2 Å². The molecule has 180 valence electrons. The number of nitro groups is 1. The molecule has 1 N–H and O–H groups in total. The molecule has 0 aliphatic carbocycles. The van der Waals surface area contributed by atoms with E-state index in [1.807, 2.05) is 36.5 Å². The number of anilines is 1. The molecular formula is C27H24N6O3. The van der Waals surface area contributed by atoms with Crippen LogP contribution in [0.4, 0.5) is 11.5 Å². The van der Waals surface area contributed by atoms with Crippen molar-refractivity contribution in [1.82, 2.24) is 19.6 Å². The number of aryl methyl sites for hydroxylation is 1. The maximum absolute atomic E-state index is 12.8. The summed E-state index contributed by atoms with van der Waals surface area (Å²) in [5, 5.41) is 25.2. The van der Waals surface area contributed by atoms with Crippen molar-refractivity contribution in [2.75, 3.05) is 5.32 Å².